The molecule has 0 aliphatic rings. The molecule has 1 aromatic rings. The highest BCUT2D eigenvalue weighted by atomic mass is 16.4. The molecule has 0 saturated heterocycles. The molecule has 4 N–H and O–H groups in total. The molecule has 1 rings (SSSR count). The van der Waals surface area contributed by atoms with Gasteiger partial charge in [0.05, 0.1) is 6.54 Å². The number of nitrogens with one attached hydrogen (secondary N) is 1. The third-order valence-electron chi connectivity index (χ3n) is 2.88. The van der Waals surface area contributed by atoms with Crippen LogP contribution in [0.4, 0.5) is 5.69 Å². The molecule has 0 heterocycles. The van der Waals surface area contributed by atoms with E-state index in [1.165, 1.54) is 4.90 Å². The van der Waals surface area contributed by atoms with E-state index in [0.29, 0.717) is 24.2 Å². The zero-order valence-corrected chi connectivity index (χ0v) is 11.8. The lowest BCUT2D eigenvalue weighted by molar-refractivity contribution is -0.137. The molecule has 0 aliphatic carbocycles. The summed E-state index contributed by atoms with van der Waals surface area (Å²) in [6, 6.07) is 6.36. The summed E-state index contributed by atoms with van der Waals surface area (Å²) in [6.07, 6.45) is 0.388. The number of hydrogen-bond donors (Lipinski definition) is 3. The average molecular weight is 293 g/mol. The number of amides is 2. The number of carbonyl (C=O) groups excluding carboxylic acids is 2. The van der Waals surface area contributed by atoms with Crippen molar-refractivity contribution in [2.75, 3.05) is 25.9 Å². The average Bonchev–Trinajstić information content (AvgIpc) is 2.44. The van der Waals surface area contributed by atoms with E-state index in [0.717, 1.165) is 0 Å². The minimum absolute atomic E-state index is 0.00934. The van der Waals surface area contributed by atoms with Crippen molar-refractivity contribution in [3.05, 3.63) is 29.8 Å². The Bertz CT molecular complexity index is 513. The van der Waals surface area contributed by atoms with Gasteiger partial charge in [-0.2, -0.15) is 0 Å². The van der Waals surface area contributed by atoms with Crippen molar-refractivity contribution in [1.82, 2.24) is 10.2 Å². The predicted molar refractivity (Wildman–Crippen MR) is 77.7 cm³/mol. The van der Waals surface area contributed by atoms with Gasteiger partial charge in [0.15, 0.2) is 0 Å². The Balaban J connectivity index is 2.36. The molecule has 7 heteroatoms. The summed E-state index contributed by atoms with van der Waals surface area (Å²) in [4.78, 5) is 35.3. The van der Waals surface area contributed by atoms with Crippen molar-refractivity contribution in [1.29, 1.82) is 0 Å². The largest absolute Gasteiger partial charge is 0.481 e. The zero-order chi connectivity index (χ0) is 15.8. The summed E-state index contributed by atoms with van der Waals surface area (Å²) in [5.74, 6) is -1.53. The van der Waals surface area contributed by atoms with Gasteiger partial charge in [0.1, 0.15) is 0 Å². The summed E-state index contributed by atoms with van der Waals surface area (Å²) in [7, 11) is 1.57. The monoisotopic (exact) mass is 293 g/mol. The van der Waals surface area contributed by atoms with Gasteiger partial charge in [-0.1, -0.05) is 0 Å². The first-order valence-electron chi connectivity index (χ1n) is 6.49. The van der Waals surface area contributed by atoms with Crippen LogP contribution in [-0.2, 0) is 9.59 Å². The fourth-order valence-electron chi connectivity index (χ4n) is 1.62. The smallest absolute Gasteiger partial charge is 0.303 e. The third kappa shape index (κ3) is 5.94. The van der Waals surface area contributed by atoms with E-state index in [-0.39, 0.29) is 24.8 Å². The Morgan fingerprint density at radius 2 is 1.86 bits per heavy atom. The van der Waals surface area contributed by atoms with Crippen LogP contribution in [-0.4, -0.2) is 47.9 Å². The number of aliphatic carboxylic acids is 1. The van der Waals surface area contributed by atoms with Crippen LogP contribution in [0.2, 0.25) is 0 Å². The highest BCUT2D eigenvalue weighted by Gasteiger charge is 2.11. The van der Waals surface area contributed by atoms with Crippen LogP contribution >= 0.6 is 0 Å². The molecule has 0 unspecified atom stereocenters. The second kappa shape index (κ2) is 7.88. The molecule has 1 aromatic carbocycles. The van der Waals surface area contributed by atoms with Gasteiger partial charge in [-0.3, -0.25) is 14.4 Å². The zero-order valence-electron chi connectivity index (χ0n) is 11.8. The number of anilines is 1. The van der Waals surface area contributed by atoms with Gasteiger partial charge < -0.3 is 21.1 Å². The number of nitrogens with zero attached hydrogens (tertiary/aromatic N) is 1. The third-order valence-corrected chi connectivity index (χ3v) is 2.88. The van der Waals surface area contributed by atoms with E-state index in [9.17, 15) is 14.4 Å². The summed E-state index contributed by atoms with van der Waals surface area (Å²) >= 11 is 0. The fourth-order valence-corrected chi connectivity index (χ4v) is 1.62. The molecule has 0 spiro atoms. The van der Waals surface area contributed by atoms with E-state index in [4.69, 9.17) is 10.8 Å². The number of hydrogen-bond acceptors (Lipinski definition) is 4. The first-order chi connectivity index (χ1) is 9.90. The molecule has 114 valence electrons. The van der Waals surface area contributed by atoms with Crippen LogP contribution < -0.4 is 11.1 Å². The molecule has 21 heavy (non-hydrogen) atoms. The standard InChI is InChI=1S/C14H19N3O4/c1-17(8-2-3-13(19)20)12(18)9-16-14(21)10-4-6-11(15)7-5-10/h4-7H,2-3,8-9,15H2,1H3,(H,16,21)(H,19,20). The maximum atomic E-state index is 11.8. The summed E-state index contributed by atoms with van der Waals surface area (Å²) in [5.41, 5.74) is 6.50. The normalized spacial score (nSPS) is 9.95. The van der Waals surface area contributed by atoms with Crippen molar-refractivity contribution in [2.24, 2.45) is 0 Å². The lowest BCUT2D eigenvalue weighted by Crippen LogP contribution is -2.38. The first kappa shape index (κ1) is 16.5. The van der Waals surface area contributed by atoms with Crippen LogP contribution in [0.5, 0.6) is 0 Å². The lowest BCUT2D eigenvalue weighted by atomic mass is 10.2. The Labute approximate surface area is 122 Å². The number of nitrogen functional groups attached to an aromatic ring is 1. The quantitative estimate of drug-likeness (QED) is 0.627. The predicted octanol–water partition coefficient (Wildman–Crippen LogP) is 0.322. The number of rotatable bonds is 7. The molecule has 0 bridgehead atoms. The summed E-state index contributed by atoms with van der Waals surface area (Å²) < 4.78 is 0. The molecular weight excluding hydrogens is 274 g/mol. The SMILES string of the molecule is CN(CCCC(=O)O)C(=O)CNC(=O)c1ccc(N)cc1. The first-order valence-corrected chi connectivity index (χ1v) is 6.49. The van der Waals surface area contributed by atoms with Crippen molar-refractivity contribution >= 4 is 23.5 Å². The van der Waals surface area contributed by atoms with Crippen LogP contribution in [0, 0.1) is 0 Å². The minimum atomic E-state index is -0.896. The van der Waals surface area contributed by atoms with Gasteiger partial charge >= 0.3 is 5.97 Å². The molecule has 0 aromatic heterocycles. The minimum Gasteiger partial charge on any atom is -0.481 e. The number of carbonyl (C=O) groups is 3. The van der Waals surface area contributed by atoms with Gasteiger partial charge in [-0.25, -0.2) is 0 Å². The Morgan fingerprint density at radius 1 is 1.24 bits per heavy atom. The molecule has 7 nitrogen and oxygen atoms in total. The van der Waals surface area contributed by atoms with Crippen LogP contribution in [0.25, 0.3) is 0 Å². The van der Waals surface area contributed by atoms with E-state index in [2.05, 4.69) is 5.32 Å². The van der Waals surface area contributed by atoms with Gasteiger partial charge in [0.25, 0.3) is 5.91 Å². The maximum Gasteiger partial charge on any atom is 0.303 e. The number of likely N-dealkylation sites (N-methyl/N-ethyl adjacent to an activating group) is 1. The lowest BCUT2D eigenvalue weighted by Gasteiger charge is -2.16. The topological polar surface area (TPSA) is 113 Å². The van der Waals surface area contributed by atoms with Gasteiger partial charge in [0.2, 0.25) is 5.91 Å². The second-order valence-corrected chi connectivity index (χ2v) is 4.62. The van der Waals surface area contributed by atoms with E-state index in [1.54, 1.807) is 31.3 Å². The summed E-state index contributed by atoms with van der Waals surface area (Å²) in [5, 5.41) is 11.0. The van der Waals surface area contributed by atoms with E-state index >= 15 is 0 Å². The number of benzene rings is 1. The number of carboxylic acids is 1. The van der Waals surface area contributed by atoms with Crippen molar-refractivity contribution in [3.8, 4) is 0 Å². The molecule has 0 radical (unpaired) electrons. The van der Waals surface area contributed by atoms with Crippen molar-refractivity contribution < 1.29 is 19.5 Å². The van der Waals surface area contributed by atoms with Crippen molar-refractivity contribution in [2.45, 2.75) is 12.8 Å². The van der Waals surface area contributed by atoms with Crippen LogP contribution in [0.1, 0.15) is 23.2 Å². The highest BCUT2D eigenvalue weighted by Crippen LogP contribution is 2.05. The van der Waals surface area contributed by atoms with E-state index < -0.39 is 5.97 Å². The summed E-state index contributed by atoms with van der Waals surface area (Å²) in [6.45, 7) is 0.204. The fraction of sp³-hybridized carbons (Fsp3) is 0.357. The van der Waals surface area contributed by atoms with Gasteiger partial charge in [-0.05, 0) is 30.7 Å². The van der Waals surface area contributed by atoms with Gasteiger partial charge in [-0.15, -0.1) is 0 Å². The Kier molecular flexibility index (Phi) is 6.19. The second-order valence-electron chi connectivity index (χ2n) is 4.62. The number of nitrogens with two attached hydrogens (primary N) is 1. The van der Waals surface area contributed by atoms with Crippen LogP contribution in [0.3, 0.4) is 0 Å². The molecule has 0 aliphatic heterocycles. The molecular formula is C14H19N3O4. The molecule has 0 atom stereocenters. The molecule has 0 saturated carbocycles. The maximum absolute atomic E-state index is 11.8. The van der Waals surface area contributed by atoms with E-state index in [1.807, 2.05) is 0 Å². The Hall–Kier alpha value is -2.57. The Morgan fingerprint density at radius 3 is 2.43 bits per heavy atom. The molecule has 2 amide bonds. The number of carboxylic acid groups (broad SMARTS) is 1. The van der Waals surface area contributed by atoms with Gasteiger partial charge in [0, 0.05) is 31.3 Å². The van der Waals surface area contributed by atoms with Crippen molar-refractivity contribution in [3.63, 3.8) is 0 Å². The molecule has 0 fully saturated rings. The van der Waals surface area contributed by atoms with Crippen LogP contribution in [0.15, 0.2) is 24.3 Å². The highest BCUT2D eigenvalue weighted by molar-refractivity contribution is 5.96.